The van der Waals surface area contributed by atoms with Gasteiger partial charge in [-0.25, -0.2) is 4.79 Å². The molecule has 86 valence electrons. The van der Waals surface area contributed by atoms with Crippen LogP contribution in [0.5, 0.6) is 0 Å². The monoisotopic (exact) mass is 212 g/mol. The Labute approximate surface area is 90.8 Å². The molecule has 3 rings (SSSR count). The van der Waals surface area contributed by atoms with Crippen molar-refractivity contribution in [3.8, 4) is 0 Å². The van der Waals surface area contributed by atoms with Crippen LogP contribution in [0.2, 0.25) is 0 Å². The van der Waals surface area contributed by atoms with Crippen molar-refractivity contribution in [2.45, 2.75) is 38.8 Å². The Hall–Kier alpha value is -0.770. The number of nitrogens with zero attached hydrogens (tertiary/aromatic N) is 1. The normalized spacial score (nSPS) is 33.9. The molecule has 3 unspecified atom stereocenters. The van der Waals surface area contributed by atoms with Crippen molar-refractivity contribution in [1.82, 2.24) is 4.90 Å². The molecular weight excluding hydrogens is 192 g/mol. The number of rotatable bonds is 1. The second-order valence-electron chi connectivity index (χ2n) is 5.60. The van der Waals surface area contributed by atoms with Crippen molar-refractivity contribution in [2.24, 2.45) is 17.6 Å². The Morgan fingerprint density at radius 3 is 2.67 bits per heavy atom. The van der Waals surface area contributed by atoms with E-state index in [1.54, 1.807) is 0 Å². The van der Waals surface area contributed by atoms with E-state index in [2.05, 4.69) is 0 Å². The maximum Gasteiger partial charge on any atom is 0.410 e. The van der Waals surface area contributed by atoms with Crippen LogP contribution in [0.15, 0.2) is 0 Å². The zero-order valence-corrected chi connectivity index (χ0v) is 9.69. The number of hydrogen-bond acceptors (Lipinski definition) is 3. The minimum Gasteiger partial charge on any atom is -0.444 e. The molecule has 4 heteroatoms. The van der Waals surface area contributed by atoms with E-state index in [1.807, 2.05) is 25.7 Å². The minimum absolute atomic E-state index is 0.175. The molecule has 2 bridgehead atoms. The smallest absolute Gasteiger partial charge is 0.410 e. The molecule has 15 heavy (non-hydrogen) atoms. The number of ether oxygens (including phenoxy) is 1. The van der Waals surface area contributed by atoms with Crippen molar-refractivity contribution >= 4 is 6.09 Å². The van der Waals surface area contributed by atoms with E-state index in [1.165, 1.54) is 0 Å². The fourth-order valence-corrected chi connectivity index (χ4v) is 2.61. The van der Waals surface area contributed by atoms with Gasteiger partial charge in [0, 0.05) is 12.6 Å². The molecule has 2 aliphatic heterocycles. The number of carbonyl (C=O) groups excluding carboxylic acids is 1. The van der Waals surface area contributed by atoms with Crippen molar-refractivity contribution in [3.05, 3.63) is 0 Å². The average Bonchev–Trinajstić information content (AvgIpc) is 2.56. The predicted octanol–water partition coefficient (Wildman–Crippen LogP) is 1.20. The number of fused-ring (bicyclic) bond motifs is 1. The second kappa shape index (κ2) is 3.37. The van der Waals surface area contributed by atoms with Crippen LogP contribution < -0.4 is 5.73 Å². The second-order valence-corrected chi connectivity index (χ2v) is 5.60. The quantitative estimate of drug-likeness (QED) is 0.710. The lowest BCUT2D eigenvalue weighted by molar-refractivity contribution is 0.0207. The van der Waals surface area contributed by atoms with Gasteiger partial charge in [-0.05, 0) is 45.6 Å². The summed E-state index contributed by atoms with van der Waals surface area (Å²) in [5.74, 6) is 1.13. The Bertz CT molecular complexity index is 272. The molecule has 3 aliphatic rings. The molecule has 1 amide bonds. The van der Waals surface area contributed by atoms with Crippen LogP contribution in [0.3, 0.4) is 0 Å². The van der Waals surface area contributed by atoms with Crippen molar-refractivity contribution in [2.75, 3.05) is 13.1 Å². The first-order valence-electron chi connectivity index (χ1n) is 5.62. The van der Waals surface area contributed by atoms with Crippen molar-refractivity contribution in [3.63, 3.8) is 0 Å². The summed E-state index contributed by atoms with van der Waals surface area (Å²) in [5.41, 5.74) is 5.26. The first-order valence-corrected chi connectivity index (χ1v) is 5.62. The van der Waals surface area contributed by atoms with E-state index in [0.29, 0.717) is 24.4 Å². The Kier molecular flexibility index (Phi) is 2.41. The molecule has 3 fully saturated rings. The third-order valence-electron chi connectivity index (χ3n) is 3.38. The van der Waals surface area contributed by atoms with E-state index < -0.39 is 5.60 Å². The molecule has 0 aromatic heterocycles. The topological polar surface area (TPSA) is 55.6 Å². The van der Waals surface area contributed by atoms with E-state index in [9.17, 15) is 4.79 Å². The van der Waals surface area contributed by atoms with Crippen LogP contribution >= 0.6 is 0 Å². The van der Waals surface area contributed by atoms with Gasteiger partial charge < -0.3 is 15.4 Å². The van der Waals surface area contributed by atoms with Gasteiger partial charge in [0.1, 0.15) is 5.60 Å². The average molecular weight is 212 g/mol. The van der Waals surface area contributed by atoms with Gasteiger partial charge in [-0.2, -0.15) is 0 Å². The first kappa shape index (κ1) is 10.7. The van der Waals surface area contributed by atoms with Crippen LogP contribution in [0.1, 0.15) is 27.2 Å². The number of amides is 1. The Morgan fingerprint density at radius 2 is 2.20 bits per heavy atom. The fourth-order valence-electron chi connectivity index (χ4n) is 2.61. The lowest BCUT2D eigenvalue weighted by Crippen LogP contribution is -2.45. The van der Waals surface area contributed by atoms with Gasteiger partial charge in [0.25, 0.3) is 0 Å². The number of carbonyl (C=O) groups is 1. The molecule has 1 saturated carbocycles. The Balaban J connectivity index is 1.94. The molecule has 2 saturated heterocycles. The standard InChI is InChI=1S/C11H20N2O2/c1-11(2,3)15-10(14)13-6-7-4-9(13)8(7)5-12/h7-9H,4-6,12H2,1-3H3. The van der Waals surface area contributed by atoms with E-state index in [0.717, 1.165) is 13.0 Å². The van der Waals surface area contributed by atoms with Crippen LogP contribution in [0.25, 0.3) is 0 Å². The zero-order chi connectivity index (χ0) is 11.2. The predicted molar refractivity (Wildman–Crippen MR) is 57.4 cm³/mol. The van der Waals surface area contributed by atoms with Gasteiger partial charge in [-0.1, -0.05) is 0 Å². The van der Waals surface area contributed by atoms with Crippen LogP contribution in [0.4, 0.5) is 4.79 Å². The summed E-state index contributed by atoms with van der Waals surface area (Å²) >= 11 is 0. The summed E-state index contributed by atoms with van der Waals surface area (Å²) in [7, 11) is 0. The van der Waals surface area contributed by atoms with Gasteiger partial charge in [0.2, 0.25) is 0 Å². The highest BCUT2D eigenvalue weighted by Crippen LogP contribution is 2.46. The molecule has 2 N–H and O–H groups in total. The van der Waals surface area contributed by atoms with Gasteiger partial charge in [-0.3, -0.25) is 0 Å². The molecule has 0 aromatic carbocycles. The molecule has 1 aliphatic carbocycles. The highest BCUT2D eigenvalue weighted by molar-refractivity contribution is 5.69. The SMILES string of the molecule is CC(C)(C)OC(=O)N1CC2CC1C2CN. The lowest BCUT2D eigenvalue weighted by Gasteiger charge is -2.35. The van der Waals surface area contributed by atoms with Gasteiger partial charge in [0.15, 0.2) is 0 Å². The molecule has 2 heterocycles. The van der Waals surface area contributed by atoms with Crippen molar-refractivity contribution in [1.29, 1.82) is 0 Å². The summed E-state index contributed by atoms with van der Waals surface area (Å²) in [4.78, 5) is 13.7. The molecule has 0 aromatic rings. The lowest BCUT2D eigenvalue weighted by atomic mass is 9.74. The molecule has 4 nitrogen and oxygen atoms in total. The first-order chi connectivity index (χ1) is 6.92. The molecule has 0 radical (unpaired) electrons. The van der Waals surface area contributed by atoms with Crippen LogP contribution in [-0.4, -0.2) is 35.7 Å². The summed E-state index contributed by atoms with van der Waals surface area (Å²) in [6.07, 6.45) is 0.937. The summed E-state index contributed by atoms with van der Waals surface area (Å²) in [5, 5.41) is 0. The Morgan fingerprint density at radius 1 is 1.53 bits per heavy atom. The number of hydrogen-bond donors (Lipinski definition) is 1. The van der Waals surface area contributed by atoms with E-state index in [4.69, 9.17) is 10.5 Å². The summed E-state index contributed by atoms with van der Waals surface area (Å²) < 4.78 is 5.36. The largest absolute Gasteiger partial charge is 0.444 e. The van der Waals surface area contributed by atoms with E-state index >= 15 is 0 Å². The summed E-state index contributed by atoms with van der Waals surface area (Å²) in [6.45, 7) is 7.21. The third kappa shape index (κ3) is 1.83. The van der Waals surface area contributed by atoms with Gasteiger partial charge in [0.05, 0.1) is 0 Å². The maximum atomic E-state index is 11.8. The molecule has 3 atom stereocenters. The fraction of sp³-hybridized carbons (Fsp3) is 0.909. The zero-order valence-electron chi connectivity index (χ0n) is 9.69. The van der Waals surface area contributed by atoms with Crippen LogP contribution in [0, 0.1) is 11.8 Å². The van der Waals surface area contributed by atoms with Gasteiger partial charge >= 0.3 is 6.09 Å². The third-order valence-corrected chi connectivity index (χ3v) is 3.38. The van der Waals surface area contributed by atoms with Crippen molar-refractivity contribution < 1.29 is 9.53 Å². The number of nitrogens with two attached hydrogens (primary N) is 1. The van der Waals surface area contributed by atoms with Gasteiger partial charge in [-0.15, -0.1) is 0 Å². The highest BCUT2D eigenvalue weighted by Gasteiger charge is 2.53. The highest BCUT2D eigenvalue weighted by atomic mass is 16.6. The summed E-state index contributed by atoms with van der Waals surface area (Å²) in [6, 6.07) is 0.342. The van der Waals surface area contributed by atoms with Crippen LogP contribution in [-0.2, 0) is 4.74 Å². The molecular formula is C11H20N2O2. The minimum atomic E-state index is -0.401. The molecule has 0 spiro atoms. The van der Waals surface area contributed by atoms with E-state index in [-0.39, 0.29) is 6.09 Å². The maximum absolute atomic E-state index is 11.8.